The van der Waals surface area contributed by atoms with Crippen LogP contribution in [0.1, 0.15) is 25.7 Å². The predicted octanol–water partition coefficient (Wildman–Crippen LogP) is -0.327. The van der Waals surface area contributed by atoms with Gasteiger partial charge in [0.1, 0.15) is 0 Å². The van der Waals surface area contributed by atoms with Crippen LogP contribution < -0.4 is 11.5 Å². The third-order valence-electron chi connectivity index (χ3n) is 3.67. The molecular formula is C10H19N3O. The molecule has 0 aromatic rings. The quantitative estimate of drug-likeness (QED) is 0.651. The van der Waals surface area contributed by atoms with Crippen LogP contribution in [0.25, 0.3) is 0 Å². The highest BCUT2D eigenvalue weighted by molar-refractivity contribution is 5.79. The van der Waals surface area contributed by atoms with Crippen LogP contribution in [0.5, 0.6) is 0 Å². The van der Waals surface area contributed by atoms with Gasteiger partial charge in [-0.25, -0.2) is 0 Å². The van der Waals surface area contributed by atoms with Crippen molar-refractivity contribution in [2.75, 3.05) is 13.1 Å². The van der Waals surface area contributed by atoms with Crippen LogP contribution in [0.2, 0.25) is 0 Å². The van der Waals surface area contributed by atoms with E-state index in [-0.39, 0.29) is 5.91 Å². The minimum atomic E-state index is -0.491. The summed E-state index contributed by atoms with van der Waals surface area (Å²) < 4.78 is 0. The van der Waals surface area contributed by atoms with Gasteiger partial charge in [0.2, 0.25) is 5.91 Å². The number of carbonyl (C=O) groups is 1. The van der Waals surface area contributed by atoms with Crippen molar-refractivity contribution in [2.24, 2.45) is 17.4 Å². The highest BCUT2D eigenvalue weighted by Crippen LogP contribution is 2.37. The predicted molar refractivity (Wildman–Crippen MR) is 54.5 cm³/mol. The second-order valence-corrected chi connectivity index (χ2v) is 4.55. The van der Waals surface area contributed by atoms with Crippen molar-refractivity contribution in [3.63, 3.8) is 0 Å². The van der Waals surface area contributed by atoms with Crippen molar-refractivity contribution in [1.82, 2.24) is 4.90 Å². The van der Waals surface area contributed by atoms with Gasteiger partial charge >= 0.3 is 0 Å². The fourth-order valence-corrected chi connectivity index (χ4v) is 2.90. The molecule has 80 valence electrons. The number of hydrogen-bond donors (Lipinski definition) is 2. The molecule has 0 aromatic carbocycles. The Morgan fingerprint density at radius 2 is 2.21 bits per heavy atom. The molecule has 2 fully saturated rings. The summed E-state index contributed by atoms with van der Waals surface area (Å²) in [5.74, 6) is 0.474. The van der Waals surface area contributed by atoms with Gasteiger partial charge in [0.15, 0.2) is 0 Å². The van der Waals surface area contributed by atoms with Crippen LogP contribution >= 0.6 is 0 Å². The third kappa shape index (κ3) is 1.77. The van der Waals surface area contributed by atoms with Crippen molar-refractivity contribution in [3.8, 4) is 0 Å². The number of likely N-dealkylation sites (tertiary alicyclic amines) is 1. The molecule has 0 spiro atoms. The first-order valence-corrected chi connectivity index (χ1v) is 5.47. The highest BCUT2D eigenvalue weighted by atomic mass is 16.1. The molecule has 4 N–H and O–H groups in total. The summed E-state index contributed by atoms with van der Waals surface area (Å²) in [5.41, 5.74) is 10.8. The Morgan fingerprint density at radius 3 is 2.93 bits per heavy atom. The number of amides is 1. The highest BCUT2D eigenvalue weighted by Gasteiger charge is 2.38. The zero-order valence-corrected chi connectivity index (χ0v) is 8.48. The fourth-order valence-electron chi connectivity index (χ4n) is 2.90. The van der Waals surface area contributed by atoms with E-state index in [1.54, 1.807) is 0 Å². The number of rotatable bonds is 3. The van der Waals surface area contributed by atoms with Crippen molar-refractivity contribution in [3.05, 3.63) is 0 Å². The van der Waals surface area contributed by atoms with Crippen LogP contribution in [0.15, 0.2) is 0 Å². The molecular weight excluding hydrogens is 178 g/mol. The Hall–Kier alpha value is -0.610. The van der Waals surface area contributed by atoms with Crippen LogP contribution in [0.3, 0.4) is 0 Å². The topological polar surface area (TPSA) is 72.3 Å². The Kier molecular flexibility index (Phi) is 2.74. The molecule has 1 saturated heterocycles. The van der Waals surface area contributed by atoms with Crippen molar-refractivity contribution in [1.29, 1.82) is 0 Å². The van der Waals surface area contributed by atoms with Crippen molar-refractivity contribution >= 4 is 5.91 Å². The number of fused-ring (bicyclic) bond motifs is 1. The number of nitrogens with two attached hydrogens (primary N) is 2. The molecule has 0 radical (unpaired) electrons. The molecule has 2 aliphatic rings. The van der Waals surface area contributed by atoms with Crippen LogP contribution in [-0.2, 0) is 4.79 Å². The van der Waals surface area contributed by atoms with Crippen LogP contribution in [0, 0.1) is 5.92 Å². The Bertz CT molecular complexity index is 231. The summed E-state index contributed by atoms with van der Waals surface area (Å²) in [6, 6.07) is 0.190. The van der Waals surface area contributed by atoms with Gasteiger partial charge < -0.3 is 11.5 Å². The molecule has 3 unspecified atom stereocenters. The number of primary amides is 1. The molecule has 4 heteroatoms. The number of carbonyl (C=O) groups excluding carboxylic acids is 1. The maximum atomic E-state index is 10.8. The zero-order chi connectivity index (χ0) is 10.1. The Morgan fingerprint density at radius 1 is 1.43 bits per heavy atom. The summed E-state index contributed by atoms with van der Waals surface area (Å²) in [4.78, 5) is 13.2. The van der Waals surface area contributed by atoms with Gasteiger partial charge in [-0.05, 0) is 31.7 Å². The third-order valence-corrected chi connectivity index (χ3v) is 3.67. The van der Waals surface area contributed by atoms with Gasteiger partial charge in [0.05, 0.1) is 6.04 Å². The molecule has 1 saturated carbocycles. The Balaban J connectivity index is 1.89. The Labute approximate surface area is 84.6 Å². The van der Waals surface area contributed by atoms with E-state index < -0.39 is 6.04 Å². The largest absolute Gasteiger partial charge is 0.368 e. The first kappa shape index (κ1) is 9.93. The van der Waals surface area contributed by atoms with E-state index in [1.165, 1.54) is 25.7 Å². The average Bonchev–Trinajstić information content (AvgIpc) is 2.69. The monoisotopic (exact) mass is 197 g/mol. The van der Waals surface area contributed by atoms with E-state index in [1.807, 2.05) is 0 Å². The summed E-state index contributed by atoms with van der Waals surface area (Å²) in [5, 5.41) is 0. The van der Waals surface area contributed by atoms with E-state index in [0.29, 0.717) is 12.6 Å². The molecule has 1 heterocycles. The smallest absolute Gasteiger partial charge is 0.235 e. The maximum absolute atomic E-state index is 10.8. The molecule has 1 aliphatic carbocycles. The first-order valence-electron chi connectivity index (χ1n) is 5.47. The van der Waals surface area contributed by atoms with Gasteiger partial charge in [-0.15, -0.1) is 0 Å². The minimum absolute atomic E-state index is 0.383. The molecule has 2 rings (SSSR count). The SMILES string of the molecule is NC(=O)C(N)CN1CCC2CCCC21. The lowest BCUT2D eigenvalue weighted by atomic mass is 10.0. The second-order valence-electron chi connectivity index (χ2n) is 4.55. The first-order chi connectivity index (χ1) is 6.68. The summed E-state index contributed by atoms with van der Waals surface area (Å²) >= 11 is 0. The van der Waals surface area contributed by atoms with Crippen molar-refractivity contribution < 1.29 is 4.79 Å². The summed E-state index contributed by atoms with van der Waals surface area (Å²) in [6.45, 7) is 1.74. The van der Waals surface area contributed by atoms with E-state index >= 15 is 0 Å². The summed E-state index contributed by atoms with van der Waals surface area (Å²) in [6.07, 6.45) is 5.23. The van der Waals surface area contributed by atoms with Crippen molar-refractivity contribution in [2.45, 2.75) is 37.8 Å². The van der Waals surface area contributed by atoms with Crippen LogP contribution in [-0.4, -0.2) is 36.0 Å². The molecule has 1 amide bonds. The maximum Gasteiger partial charge on any atom is 0.235 e. The van der Waals surface area contributed by atoms with E-state index in [4.69, 9.17) is 11.5 Å². The van der Waals surface area contributed by atoms with Gasteiger partial charge in [0, 0.05) is 12.6 Å². The number of nitrogens with zero attached hydrogens (tertiary/aromatic N) is 1. The normalized spacial score (nSPS) is 34.4. The lowest BCUT2D eigenvalue weighted by molar-refractivity contribution is -0.119. The molecule has 14 heavy (non-hydrogen) atoms. The minimum Gasteiger partial charge on any atom is -0.368 e. The second kappa shape index (κ2) is 3.87. The van der Waals surface area contributed by atoms with E-state index in [9.17, 15) is 4.79 Å². The van der Waals surface area contributed by atoms with Gasteiger partial charge in [-0.3, -0.25) is 9.69 Å². The average molecular weight is 197 g/mol. The molecule has 1 aliphatic heterocycles. The van der Waals surface area contributed by atoms with Gasteiger partial charge in [-0.1, -0.05) is 6.42 Å². The standard InChI is InChI=1S/C10H19N3O/c11-8(10(12)14)6-13-5-4-7-2-1-3-9(7)13/h7-9H,1-6,11H2,(H2,12,14). The fraction of sp³-hybridized carbons (Fsp3) is 0.900. The van der Waals surface area contributed by atoms with Gasteiger partial charge in [-0.2, -0.15) is 0 Å². The lowest BCUT2D eigenvalue weighted by Gasteiger charge is -2.25. The molecule has 3 atom stereocenters. The van der Waals surface area contributed by atoms with E-state index in [2.05, 4.69) is 4.90 Å². The van der Waals surface area contributed by atoms with Crippen LogP contribution in [0.4, 0.5) is 0 Å². The molecule has 0 aromatic heterocycles. The van der Waals surface area contributed by atoms with Gasteiger partial charge in [0.25, 0.3) is 0 Å². The molecule has 0 bridgehead atoms. The summed E-state index contributed by atoms with van der Waals surface area (Å²) in [7, 11) is 0. The lowest BCUT2D eigenvalue weighted by Crippen LogP contribution is -2.47. The van der Waals surface area contributed by atoms with E-state index in [0.717, 1.165) is 12.5 Å². The molecule has 4 nitrogen and oxygen atoms in total. The number of hydrogen-bond acceptors (Lipinski definition) is 3. The zero-order valence-electron chi connectivity index (χ0n) is 8.48.